The Kier molecular flexibility index (Phi) is 10.8. The van der Waals surface area contributed by atoms with Crippen LogP contribution in [0.25, 0.3) is 0 Å². The number of hydrogen-bond donors (Lipinski definition) is 2. The number of anilines is 2. The molecule has 1 atom stereocenters. The summed E-state index contributed by atoms with van der Waals surface area (Å²) in [4.78, 5) is 18.8. The second kappa shape index (κ2) is 14.9. The topological polar surface area (TPSA) is 99.5 Å². The molecule has 1 aliphatic heterocycles. The summed E-state index contributed by atoms with van der Waals surface area (Å²) in [5, 5.41) is 12.8. The predicted molar refractivity (Wildman–Crippen MR) is 180 cm³/mol. The molecule has 0 saturated carbocycles. The first-order chi connectivity index (χ1) is 21.8. The van der Waals surface area contributed by atoms with Gasteiger partial charge in [0.2, 0.25) is 11.1 Å². The van der Waals surface area contributed by atoms with Gasteiger partial charge in [-0.15, -0.1) is 5.10 Å². The monoisotopic (exact) mass is 667 g/mol. The Bertz CT molecular complexity index is 1690. The van der Waals surface area contributed by atoms with E-state index < -0.39 is 6.04 Å². The number of allylic oxidation sites excluding steroid dienone is 1. The number of nitrogens with zero attached hydrogens (tertiary/aromatic N) is 3. The first-order valence-electron chi connectivity index (χ1n) is 14.8. The van der Waals surface area contributed by atoms with Crippen molar-refractivity contribution < 1.29 is 19.0 Å². The minimum Gasteiger partial charge on any atom is -0.492 e. The summed E-state index contributed by atoms with van der Waals surface area (Å²) < 4.78 is 19.7. The molecule has 1 aromatic heterocycles. The van der Waals surface area contributed by atoms with E-state index in [0.717, 1.165) is 17.7 Å². The molecule has 0 spiro atoms. The summed E-state index contributed by atoms with van der Waals surface area (Å²) in [7, 11) is 0. The molecule has 1 amide bonds. The molecule has 1 unspecified atom stereocenters. The van der Waals surface area contributed by atoms with E-state index in [4.69, 9.17) is 47.5 Å². The number of halogens is 2. The lowest BCUT2D eigenvalue weighted by Crippen LogP contribution is -2.31. The number of para-hydroxylation sites is 2. The maximum Gasteiger partial charge on any atom is 0.255 e. The van der Waals surface area contributed by atoms with E-state index in [1.54, 1.807) is 34.6 Å². The Hall–Kier alpha value is -3.86. The van der Waals surface area contributed by atoms with Crippen LogP contribution in [0.1, 0.15) is 51.3 Å². The van der Waals surface area contributed by atoms with Crippen molar-refractivity contribution in [3.63, 3.8) is 0 Å². The predicted octanol–water partition coefficient (Wildman–Crippen LogP) is 8.39. The van der Waals surface area contributed by atoms with E-state index in [-0.39, 0.29) is 12.5 Å². The van der Waals surface area contributed by atoms with Crippen molar-refractivity contribution in [1.29, 1.82) is 0 Å². The van der Waals surface area contributed by atoms with E-state index in [1.165, 1.54) is 0 Å². The van der Waals surface area contributed by atoms with Crippen LogP contribution in [0.15, 0.2) is 77.1 Å². The zero-order valence-corrected chi connectivity index (χ0v) is 27.9. The van der Waals surface area contributed by atoms with Crippen molar-refractivity contribution in [1.82, 2.24) is 14.8 Å². The van der Waals surface area contributed by atoms with Crippen LogP contribution in [0.4, 0.5) is 11.6 Å². The average molecular weight is 669 g/mol. The molecule has 4 aromatic rings. The minimum absolute atomic E-state index is 0.155. The molecule has 5 rings (SSSR count). The highest BCUT2D eigenvalue weighted by Crippen LogP contribution is 2.41. The molecule has 12 heteroatoms. The van der Waals surface area contributed by atoms with E-state index in [0.29, 0.717) is 74.1 Å². The molecular formula is C33H35Cl2N5O4S. The van der Waals surface area contributed by atoms with Crippen molar-refractivity contribution in [3.05, 3.63) is 93.1 Å². The van der Waals surface area contributed by atoms with Crippen LogP contribution in [0, 0.1) is 0 Å². The van der Waals surface area contributed by atoms with E-state index in [9.17, 15) is 4.79 Å². The number of hydrogen-bond acceptors (Lipinski definition) is 8. The Morgan fingerprint density at radius 2 is 1.69 bits per heavy atom. The van der Waals surface area contributed by atoms with Crippen LogP contribution in [0.3, 0.4) is 0 Å². The van der Waals surface area contributed by atoms with Crippen molar-refractivity contribution >= 4 is 52.5 Å². The van der Waals surface area contributed by atoms with Gasteiger partial charge in [0.05, 0.1) is 24.5 Å². The number of carbonyl (C=O) groups is 1. The van der Waals surface area contributed by atoms with Crippen LogP contribution < -0.4 is 24.8 Å². The molecule has 0 saturated heterocycles. The highest BCUT2D eigenvalue weighted by molar-refractivity contribution is 7.99. The zero-order valence-electron chi connectivity index (χ0n) is 25.5. The number of amides is 1. The van der Waals surface area contributed by atoms with Gasteiger partial charge in [-0.05, 0) is 69.2 Å². The molecule has 0 bridgehead atoms. The fraction of sp³-hybridized carbons (Fsp3) is 0.303. The third-order valence-corrected chi connectivity index (χ3v) is 8.72. The number of fused-ring (bicyclic) bond motifs is 1. The molecule has 3 aromatic carbocycles. The summed E-state index contributed by atoms with van der Waals surface area (Å²) in [6, 6.07) is 17.7. The fourth-order valence-electron chi connectivity index (χ4n) is 4.93. The number of rotatable bonds is 13. The molecule has 236 valence electrons. The summed E-state index contributed by atoms with van der Waals surface area (Å²) in [6.07, 6.45) is 0.980. The number of thioether (sulfide) groups is 1. The highest BCUT2D eigenvalue weighted by Gasteiger charge is 2.35. The molecule has 2 heterocycles. The molecular weight excluding hydrogens is 633 g/mol. The highest BCUT2D eigenvalue weighted by atomic mass is 35.5. The lowest BCUT2D eigenvalue weighted by molar-refractivity contribution is -0.113. The SMILES string of the molecule is CCCSc1nc2n(n1)C(c1ccc(OCc3c(Cl)cccc3Cl)c(OCC)c1)C(C(=O)Nc1ccccc1OCC)=C(C)N2. The molecule has 0 fully saturated rings. The third-order valence-electron chi connectivity index (χ3n) is 6.97. The van der Waals surface area contributed by atoms with Gasteiger partial charge in [-0.2, -0.15) is 4.98 Å². The minimum atomic E-state index is -0.616. The summed E-state index contributed by atoms with van der Waals surface area (Å²) in [6.45, 7) is 8.80. The van der Waals surface area contributed by atoms with Crippen LogP contribution in [-0.4, -0.2) is 39.6 Å². The van der Waals surface area contributed by atoms with Crippen molar-refractivity contribution in [3.8, 4) is 17.2 Å². The average Bonchev–Trinajstić information content (AvgIpc) is 3.43. The first kappa shape index (κ1) is 32.5. The van der Waals surface area contributed by atoms with Crippen LogP contribution >= 0.6 is 35.0 Å². The molecule has 1 aliphatic rings. The number of ether oxygens (including phenoxy) is 3. The Morgan fingerprint density at radius 3 is 2.42 bits per heavy atom. The maximum atomic E-state index is 14.1. The number of carbonyl (C=O) groups excluding carboxylic acids is 1. The molecule has 45 heavy (non-hydrogen) atoms. The molecule has 0 radical (unpaired) electrons. The van der Waals surface area contributed by atoms with E-state index in [1.807, 2.05) is 63.2 Å². The van der Waals surface area contributed by atoms with Gasteiger partial charge in [-0.1, -0.05) is 66.2 Å². The summed E-state index contributed by atoms with van der Waals surface area (Å²) >= 11 is 14.3. The second-order valence-corrected chi connectivity index (χ2v) is 12.0. The van der Waals surface area contributed by atoms with Crippen LogP contribution in [0.2, 0.25) is 10.0 Å². The quantitative estimate of drug-likeness (QED) is 0.137. The van der Waals surface area contributed by atoms with Crippen LogP contribution in [-0.2, 0) is 11.4 Å². The van der Waals surface area contributed by atoms with Gasteiger partial charge in [-0.25, -0.2) is 4.68 Å². The van der Waals surface area contributed by atoms with Crippen molar-refractivity contribution in [2.75, 3.05) is 29.6 Å². The summed E-state index contributed by atoms with van der Waals surface area (Å²) in [5.74, 6) is 2.74. The smallest absolute Gasteiger partial charge is 0.255 e. The van der Waals surface area contributed by atoms with Crippen molar-refractivity contribution in [2.45, 2.75) is 51.9 Å². The van der Waals surface area contributed by atoms with Gasteiger partial charge in [0.15, 0.2) is 11.5 Å². The summed E-state index contributed by atoms with van der Waals surface area (Å²) in [5.41, 5.74) is 3.16. The number of aromatic nitrogens is 3. The van der Waals surface area contributed by atoms with Gasteiger partial charge in [0, 0.05) is 27.1 Å². The van der Waals surface area contributed by atoms with Gasteiger partial charge < -0.3 is 24.8 Å². The Morgan fingerprint density at radius 1 is 0.956 bits per heavy atom. The van der Waals surface area contributed by atoms with Gasteiger partial charge in [-0.3, -0.25) is 4.79 Å². The van der Waals surface area contributed by atoms with Crippen molar-refractivity contribution in [2.24, 2.45) is 0 Å². The van der Waals surface area contributed by atoms with Gasteiger partial charge in [0.25, 0.3) is 5.91 Å². The lowest BCUT2D eigenvalue weighted by Gasteiger charge is -2.29. The second-order valence-electron chi connectivity index (χ2n) is 10.1. The maximum absolute atomic E-state index is 14.1. The van der Waals surface area contributed by atoms with Crippen LogP contribution in [0.5, 0.6) is 17.2 Å². The Labute approximate surface area is 277 Å². The third kappa shape index (κ3) is 7.35. The molecule has 2 N–H and O–H groups in total. The van der Waals surface area contributed by atoms with E-state index in [2.05, 4.69) is 17.6 Å². The van der Waals surface area contributed by atoms with E-state index >= 15 is 0 Å². The molecule has 9 nitrogen and oxygen atoms in total. The fourth-order valence-corrected chi connectivity index (χ4v) is 6.12. The lowest BCUT2D eigenvalue weighted by atomic mass is 9.94. The first-order valence-corrected chi connectivity index (χ1v) is 16.5. The number of benzene rings is 3. The largest absolute Gasteiger partial charge is 0.492 e. The Balaban J connectivity index is 1.54. The zero-order chi connectivity index (χ0) is 31.9. The number of nitrogens with one attached hydrogen (secondary N) is 2. The normalized spacial score (nSPS) is 14.0. The van der Waals surface area contributed by atoms with Gasteiger partial charge >= 0.3 is 0 Å². The standard InChI is InChI=1S/C33H35Cl2N5O4S/c1-5-17-45-33-38-32-36-20(4)29(31(41)37-25-13-8-9-14-26(25)42-6-2)30(40(32)39-33)21-15-16-27(28(18-21)43-7-3)44-19-22-23(34)11-10-12-24(22)35/h8-16,18,30H,5-7,17,19H2,1-4H3,(H,37,41)(H,36,38,39). The van der Waals surface area contributed by atoms with Gasteiger partial charge in [0.1, 0.15) is 18.4 Å². The molecule has 0 aliphatic carbocycles.